The normalized spacial score (nSPS) is 14.7. The second-order valence-corrected chi connectivity index (χ2v) is 8.11. The number of carbonyl (C=O) groups is 1. The summed E-state index contributed by atoms with van der Waals surface area (Å²) in [6.07, 6.45) is 0.971. The molecule has 0 radical (unpaired) electrons. The SMILES string of the molecule is COc1cc([C@@H]2C(C(=O)Nc3ccc(F)cc3)=C(C)Nc3nc(CCCO)nn32)cc(OC)c1OC. The number of aliphatic hydroxyl groups is 1. The molecule has 0 fully saturated rings. The van der Waals surface area contributed by atoms with E-state index in [1.807, 2.05) is 0 Å². The van der Waals surface area contributed by atoms with Gasteiger partial charge in [0.2, 0.25) is 11.7 Å². The van der Waals surface area contributed by atoms with Crippen LogP contribution in [0.3, 0.4) is 0 Å². The number of aliphatic hydroxyl groups excluding tert-OH is 1. The van der Waals surface area contributed by atoms with Crippen LogP contribution in [0.1, 0.15) is 30.8 Å². The molecule has 190 valence electrons. The largest absolute Gasteiger partial charge is 0.493 e. The second-order valence-electron chi connectivity index (χ2n) is 8.11. The molecular formula is C25H28FN5O5. The van der Waals surface area contributed by atoms with Crippen molar-refractivity contribution in [1.29, 1.82) is 0 Å². The van der Waals surface area contributed by atoms with E-state index in [9.17, 15) is 14.3 Å². The van der Waals surface area contributed by atoms with Crippen molar-refractivity contribution in [3.8, 4) is 17.2 Å². The highest BCUT2D eigenvalue weighted by Crippen LogP contribution is 2.44. The van der Waals surface area contributed by atoms with Crippen molar-refractivity contribution in [2.75, 3.05) is 38.6 Å². The summed E-state index contributed by atoms with van der Waals surface area (Å²) in [7, 11) is 4.54. The van der Waals surface area contributed by atoms with Gasteiger partial charge in [-0.3, -0.25) is 4.79 Å². The molecule has 3 aromatic rings. The van der Waals surface area contributed by atoms with Crippen LogP contribution in [0.25, 0.3) is 0 Å². The van der Waals surface area contributed by atoms with Crippen LogP contribution in [0.2, 0.25) is 0 Å². The molecular weight excluding hydrogens is 469 g/mol. The molecule has 1 aromatic heterocycles. The van der Waals surface area contributed by atoms with Crippen LogP contribution in [0.15, 0.2) is 47.7 Å². The van der Waals surface area contributed by atoms with E-state index in [1.54, 1.807) is 23.7 Å². The van der Waals surface area contributed by atoms with Gasteiger partial charge in [-0.2, -0.15) is 10.1 Å². The third-order valence-electron chi connectivity index (χ3n) is 5.80. The molecule has 1 atom stereocenters. The standard InChI is InChI=1S/C25H28FN5O5/c1-14-21(24(33)28-17-9-7-16(26)8-10-17)22(31-25(27-14)29-20(30-31)6-5-11-32)15-12-18(34-2)23(36-4)19(13-15)35-3/h7-10,12-13,22,32H,5-6,11H2,1-4H3,(H,28,33)(H,27,29,30)/t22-/m1/s1. The fourth-order valence-corrected chi connectivity index (χ4v) is 4.13. The van der Waals surface area contributed by atoms with E-state index in [1.165, 1.54) is 45.6 Å². The Labute approximate surface area is 207 Å². The summed E-state index contributed by atoms with van der Waals surface area (Å²) in [6.45, 7) is 1.78. The van der Waals surface area contributed by atoms with Crippen molar-refractivity contribution in [2.45, 2.75) is 25.8 Å². The van der Waals surface area contributed by atoms with Crippen LogP contribution in [0, 0.1) is 5.82 Å². The number of benzene rings is 2. The minimum Gasteiger partial charge on any atom is -0.493 e. The number of rotatable bonds is 9. The van der Waals surface area contributed by atoms with Crippen molar-refractivity contribution >= 4 is 17.5 Å². The van der Waals surface area contributed by atoms with Gasteiger partial charge in [0, 0.05) is 24.4 Å². The summed E-state index contributed by atoms with van der Waals surface area (Å²) in [5.41, 5.74) is 2.04. The minimum atomic E-state index is -0.703. The molecule has 0 aliphatic carbocycles. The Morgan fingerprint density at radius 2 is 1.81 bits per heavy atom. The number of allylic oxidation sites excluding steroid dienone is 1. The summed E-state index contributed by atoms with van der Waals surface area (Å²) >= 11 is 0. The molecule has 0 bridgehead atoms. The third-order valence-corrected chi connectivity index (χ3v) is 5.80. The molecule has 36 heavy (non-hydrogen) atoms. The van der Waals surface area contributed by atoms with Gasteiger partial charge >= 0.3 is 0 Å². The van der Waals surface area contributed by atoms with Gasteiger partial charge in [-0.15, -0.1) is 0 Å². The van der Waals surface area contributed by atoms with Crippen molar-refractivity contribution < 1.29 is 28.5 Å². The van der Waals surface area contributed by atoms with Gasteiger partial charge in [0.05, 0.1) is 26.9 Å². The van der Waals surface area contributed by atoms with Crippen molar-refractivity contribution in [1.82, 2.24) is 14.8 Å². The Hall–Kier alpha value is -4.12. The molecule has 2 heterocycles. The molecule has 4 rings (SSSR count). The number of aromatic nitrogens is 3. The highest BCUT2D eigenvalue weighted by Gasteiger charge is 2.35. The maximum Gasteiger partial charge on any atom is 0.255 e. The summed E-state index contributed by atoms with van der Waals surface area (Å²) in [5, 5.41) is 19.9. The Bertz CT molecular complexity index is 1260. The van der Waals surface area contributed by atoms with Gasteiger partial charge in [0.1, 0.15) is 11.9 Å². The van der Waals surface area contributed by atoms with E-state index in [0.29, 0.717) is 64.4 Å². The predicted molar refractivity (Wildman–Crippen MR) is 131 cm³/mol. The van der Waals surface area contributed by atoms with Crippen LogP contribution >= 0.6 is 0 Å². The molecule has 1 aliphatic rings. The number of nitrogens with one attached hydrogen (secondary N) is 2. The number of nitrogens with zero attached hydrogens (tertiary/aromatic N) is 3. The molecule has 2 aromatic carbocycles. The molecule has 0 unspecified atom stereocenters. The van der Waals surface area contributed by atoms with Gasteiger partial charge in [-0.25, -0.2) is 9.07 Å². The van der Waals surface area contributed by atoms with Gasteiger partial charge in [-0.05, 0) is 55.3 Å². The lowest BCUT2D eigenvalue weighted by molar-refractivity contribution is -0.113. The zero-order valence-corrected chi connectivity index (χ0v) is 20.5. The van der Waals surface area contributed by atoms with E-state index in [-0.39, 0.29) is 6.61 Å². The van der Waals surface area contributed by atoms with Gasteiger partial charge in [0.15, 0.2) is 17.3 Å². The lowest BCUT2D eigenvalue weighted by Crippen LogP contribution is -2.31. The Balaban J connectivity index is 1.84. The van der Waals surface area contributed by atoms with E-state index in [2.05, 4.69) is 20.7 Å². The first-order valence-electron chi connectivity index (χ1n) is 11.3. The first-order chi connectivity index (χ1) is 17.4. The molecule has 0 spiro atoms. The average molecular weight is 498 g/mol. The van der Waals surface area contributed by atoms with E-state index in [4.69, 9.17) is 14.2 Å². The molecule has 3 N–H and O–H groups in total. The Morgan fingerprint density at radius 3 is 2.39 bits per heavy atom. The smallest absolute Gasteiger partial charge is 0.255 e. The number of halogens is 1. The van der Waals surface area contributed by atoms with Crippen LogP contribution < -0.4 is 24.8 Å². The molecule has 0 saturated carbocycles. The lowest BCUT2D eigenvalue weighted by atomic mass is 9.94. The monoisotopic (exact) mass is 497 g/mol. The number of aryl methyl sites for hydroxylation is 1. The molecule has 11 heteroatoms. The average Bonchev–Trinajstić information content (AvgIpc) is 3.29. The van der Waals surface area contributed by atoms with E-state index in [0.717, 1.165) is 0 Å². The lowest BCUT2D eigenvalue weighted by Gasteiger charge is -2.29. The number of ether oxygens (including phenoxy) is 3. The van der Waals surface area contributed by atoms with Gasteiger partial charge in [-0.1, -0.05) is 0 Å². The molecule has 10 nitrogen and oxygen atoms in total. The minimum absolute atomic E-state index is 0.0101. The van der Waals surface area contributed by atoms with E-state index < -0.39 is 17.8 Å². The summed E-state index contributed by atoms with van der Waals surface area (Å²) < 4.78 is 31.5. The number of fused-ring (bicyclic) bond motifs is 1. The zero-order chi connectivity index (χ0) is 25.8. The Kier molecular flexibility index (Phi) is 7.39. The first kappa shape index (κ1) is 25.0. The van der Waals surface area contributed by atoms with Crippen molar-refractivity contribution in [3.63, 3.8) is 0 Å². The quantitative estimate of drug-likeness (QED) is 0.412. The highest BCUT2D eigenvalue weighted by atomic mass is 19.1. The van der Waals surface area contributed by atoms with Crippen molar-refractivity contribution in [2.24, 2.45) is 0 Å². The number of anilines is 2. The first-order valence-corrected chi connectivity index (χ1v) is 11.3. The Morgan fingerprint density at radius 1 is 1.14 bits per heavy atom. The van der Waals surface area contributed by atoms with Crippen LogP contribution in [0.5, 0.6) is 17.2 Å². The summed E-state index contributed by atoms with van der Waals surface area (Å²) in [6, 6.07) is 8.34. The van der Waals surface area contributed by atoms with E-state index >= 15 is 0 Å². The van der Waals surface area contributed by atoms with Crippen molar-refractivity contribution in [3.05, 3.63) is 64.9 Å². The predicted octanol–water partition coefficient (Wildman–Crippen LogP) is 3.30. The number of carbonyl (C=O) groups excluding carboxylic acids is 1. The van der Waals surface area contributed by atoms with Crippen LogP contribution in [0.4, 0.5) is 16.0 Å². The maximum absolute atomic E-state index is 13.6. The maximum atomic E-state index is 13.6. The molecule has 0 saturated heterocycles. The highest BCUT2D eigenvalue weighted by molar-refractivity contribution is 6.06. The number of amides is 1. The summed E-state index contributed by atoms with van der Waals surface area (Å²) in [4.78, 5) is 18.1. The summed E-state index contributed by atoms with van der Waals surface area (Å²) in [5.74, 6) is 1.43. The number of hydrogen-bond donors (Lipinski definition) is 3. The van der Waals surface area contributed by atoms with Gasteiger partial charge in [0.25, 0.3) is 5.91 Å². The zero-order valence-electron chi connectivity index (χ0n) is 20.5. The number of hydrogen-bond acceptors (Lipinski definition) is 8. The molecule has 1 amide bonds. The third kappa shape index (κ3) is 4.82. The number of methoxy groups -OCH3 is 3. The van der Waals surface area contributed by atoms with Gasteiger partial charge < -0.3 is 30.0 Å². The second kappa shape index (κ2) is 10.6. The fourth-order valence-electron chi connectivity index (χ4n) is 4.13. The molecule has 1 aliphatic heterocycles. The topological polar surface area (TPSA) is 120 Å². The fraction of sp³-hybridized carbons (Fsp3) is 0.320. The van der Waals surface area contributed by atoms with Crippen LogP contribution in [-0.2, 0) is 11.2 Å². The van der Waals surface area contributed by atoms with Crippen LogP contribution in [-0.4, -0.2) is 53.7 Å².